The highest BCUT2D eigenvalue weighted by atomic mass is 32.2. The van der Waals surface area contributed by atoms with Gasteiger partial charge in [0.15, 0.2) is 0 Å². The van der Waals surface area contributed by atoms with E-state index in [-0.39, 0.29) is 16.8 Å². The van der Waals surface area contributed by atoms with Crippen molar-refractivity contribution in [3.05, 3.63) is 36.0 Å². The van der Waals surface area contributed by atoms with Crippen molar-refractivity contribution in [1.29, 1.82) is 0 Å². The maximum Gasteiger partial charge on any atom is 0.308 e. The zero-order chi connectivity index (χ0) is 17.3. The first-order chi connectivity index (χ1) is 11.4. The van der Waals surface area contributed by atoms with Gasteiger partial charge >= 0.3 is 5.97 Å². The number of piperidine rings is 1. The monoisotopic (exact) mass is 348 g/mol. The van der Waals surface area contributed by atoms with Crippen LogP contribution in [0.1, 0.15) is 18.4 Å². The Balaban J connectivity index is 1.91. The van der Waals surface area contributed by atoms with Crippen molar-refractivity contribution >= 4 is 26.9 Å². The first-order valence-electron chi connectivity index (χ1n) is 7.87. The molecule has 0 saturated carbocycles. The molecule has 1 fully saturated rings. The highest BCUT2D eigenvalue weighted by Crippen LogP contribution is 2.28. The molecule has 0 spiro atoms. The normalized spacial score (nSPS) is 17.1. The van der Waals surface area contributed by atoms with Crippen molar-refractivity contribution in [1.82, 2.24) is 9.29 Å². The van der Waals surface area contributed by atoms with Gasteiger partial charge in [-0.3, -0.25) is 9.78 Å². The number of ether oxygens (including phenoxy) is 1. The Labute approximate surface area is 141 Å². The van der Waals surface area contributed by atoms with E-state index in [0.717, 1.165) is 10.9 Å². The smallest absolute Gasteiger partial charge is 0.308 e. The zero-order valence-corrected chi connectivity index (χ0v) is 14.5. The third kappa shape index (κ3) is 3.01. The van der Waals surface area contributed by atoms with Gasteiger partial charge in [0.1, 0.15) is 4.90 Å². The molecule has 0 bridgehead atoms. The number of nitrogens with zero attached hydrogens (tertiary/aromatic N) is 2. The van der Waals surface area contributed by atoms with E-state index >= 15 is 0 Å². The molecule has 0 N–H and O–H groups in total. The minimum atomic E-state index is -3.64. The molecule has 7 heteroatoms. The number of hydrogen-bond donors (Lipinski definition) is 0. The molecular formula is C17H20N2O4S. The molecule has 24 heavy (non-hydrogen) atoms. The molecular weight excluding hydrogens is 328 g/mol. The van der Waals surface area contributed by atoms with Gasteiger partial charge in [-0.2, -0.15) is 4.31 Å². The fourth-order valence-electron chi connectivity index (χ4n) is 3.09. The van der Waals surface area contributed by atoms with Gasteiger partial charge in [0.25, 0.3) is 0 Å². The number of aromatic nitrogens is 1. The molecule has 1 aliphatic rings. The maximum atomic E-state index is 13.0. The van der Waals surface area contributed by atoms with Gasteiger partial charge in [-0.1, -0.05) is 12.1 Å². The Kier molecular flexibility index (Phi) is 4.56. The molecule has 0 amide bonds. The van der Waals surface area contributed by atoms with E-state index in [1.54, 1.807) is 18.3 Å². The van der Waals surface area contributed by atoms with E-state index in [0.29, 0.717) is 31.4 Å². The molecule has 1 aromatic carbocycles. The van der Waals surface area contributed by atoms with Crippen LogP contribution in [0.4, 0.5) is 0 Å². The number of aryl methyl sites for hydroxylation is 1. The van der Waals surface area contributed by atoms with Crippen LogP contribution in [-0.2, 0) is 19.6 Å². The van der Waals surface area contributed by atoms with Gasteiger partial charge in [0.05, 0.1) is 18.5 Å². The molecule has 1 aromatic heterocycles. The Hall–Kier alpha value is -1.99. The molecule has 0 aliphatic carbocycles. The van der Waals surface area contributed by atoms with E-state index in [1.807, 2.05) is 19.1 Å². The van der Waals surface area contributed by atoms with Crippen LogP contribution in [0.15, 0.2) is 35.4 Å². The van der Waals surface area contributed by atoms with Crippen molar-refractivity contribution in [2.24, 2.45) is 5.92 Å². The molecule has 2 aromatic rings. The lowest BCUT2D eigenvalue weighted by Crippen LogP contribution is -2.40. The number of pyridine rings is 1. The molecule has 0 unspecified atom stereocenters. The van der Waals surface area contributed by atoms with Gasteiger partial charge in [-0.05, 0) is 37.5 Å². The third-order valence-electron chi connectivity index (χ3n) is 4.42. The van der Waals surface area contributed by atoms with Gasteiger partial charge in [-0.15, -0.1) is 0 Å². The Morgan fingerprint density at radius 1 is 1.29 bits per heavy atom. The van der Waals surface area contributed by atoms with Crippen molar-refractivity contribution < 1.29 is 17.9 Å². The second-order valence-corrected chi connectivity index (χ2v) is 7.95. The van der Waals surface area contributed by atoms with Gasteiger partial charge in [0, 0.05) is 24.7 Å². The number of esters is 1. The summed E-state index contributed by atoms with van der Waals surface area (Å²) < 4.78 is 32.2. The minimum absolute atomic E-state index is 0.219. The van der Waals surface area contributed by atoms with Crippen molar-refractivity contribution in [2.45, 2.75) is 24.7 Å². The van der Waals surface area contributed by atoms with Gasteiger partial charge in [-0.25, -0.2) is 8.42 Å². The van der Waals surface area contributed by atoms with Gasteiger partial charge < -0.3 is 4.74 Å². The summed E-state index contributed by atoms with van der Waals surface area (Å²) in [5.74, 6) is -0.496. The first-order valence-corrected chi connectivity index (χ1v) is 9.31. The fourth-order valence-corrected chi connectivity index (χ4v) is 4.72. The summed E-state index contributed by atoms with van der Waals surface area (Å²) in [5.41, 5.74) is 1.47. The predicted octanol–water partition coefficient (Wildman–Crippen LogP) is 2.12. The number of rotatable bonds is 3. The van der Waals surface area contributed by atoms with Crippen LogP contribution in [0.3, 0.4) is 0 Å². The number of carbonyl (C=O) groups excluding carboxylic acids is 1. The predicted molar refractivity (Wildman–Crippen MR) is 90.0 cm³/mol. The van der Waals surface area contributed by atoms with E-state index in [1.165, 1.54) is 11.4 Å². The average molecular weight is 348 g/mol. The van der Waals surface area contributed by atoms with Crippen molar-refractivity contribution in [3.63, 3.8) is 0 Å². The lowest BCUT2D eigenvalue weighted by atomic mass is 9.99. The van der Waals surface area contributed by atoms with E-state index in [2.05, 4.69) is 4.98 Å². The molecule has 0 atom stereocenters. The van der Waals surface area contributed by atoms with E-state index in [9.17, 15) is 13.2 Å². The van der Waals surface area contributed by atoms with Crippen LogP contribution in [0.25, 0.3) is 10.9 Å². The Bertz CT molecular complexity index is 871. The standard InChI is InChI=1S/C17H20N2O4S/c1-12-10-14-4-3-5-15(16(14)18-11-12)24(21,22)19-8-6-13(7-9-19)17(20)23-2/h3-5,10-11,13H,6-9H2,1-2H3. The van der Waals surface area contributed by atoms with E-state index < -0.39 is 10.0 Å². The molecule has 3 rings (SSSR count). The SMILES string of the molecule is COC(=O)C1CCN(S(=O)(=O)c2cccc3cc(C)cnc23)CC1. The number of benzene rings is 1. The van der Waals surface area contributed by atoms with Crippen molar-refractivity contribution in [2.75, 3.05) is 20.2 Å². The quantitative estimate of drug-likeness (QED) is 0.794. The van der Waals surface area contributed by atoms with Crippen LogP contribution in [-0.4, -0.2) is 43.9 Å². The minimum Gasteiger partial charge on any atom is -0.469 e. The van der Waals surface area contributed by atoms with Crippen LogP contribution in [0.2, 0.25) is 0 Å². The number of sulfonamides is 1. The maximum absolute atomic E-state index is 13.0. The topological polar surface area (TPSA) is 76.6 Å². The summed E-state index contributed by atoms with van der Waals surface area (Å²) >= 11 is 0. The second-order valence-electron chi connectivity index (χ2n) is 6.04. The van der Waals surface area contributed by atoms with Crippen LogP contribution >= 0.6 is 0 Å². The summed E-state index contributed by atoms with van der Waals surface area (Å²) in [6.07, 6.45) is 2.62. The molecule has 0 radical (unpaired) electrons. The van der Waals surface area contributed by atoms with Gasteiger partial charge in [0.2, 0.25) is 10.0 Å². The zero-order valence-electron chi connectivity index (χ0n) is 13.7. The molecule has 128 valence electrons. The largest absolute Gasteiger partial charge is 0.469 e. The molecule has 1 saturated heterocycles. The Morgan fingerprint density at radius 3 is 2.67 bits per heavy atom. The second kappa shape index (κ2) is 6.49. The number of methoxy groups -OCH3 is 1. The van der Waals surface area contributed by atoms with Crippen LogP contribution in [0.5, 0.6) is 0 Å². The lowest BCUT2D eigenvalue weighted by molar-refractivity contribution is -0.146. The highest BCUT2D eigenvalue weighted by molar-refractivity contribution is 7.89. The third-order valence-corrected chi connectivity index (χ3v) is 6.35. The average Bonchev–Trinajstić information content (AvgIpc) is 2.60. The summed E-state index contributed by atoms with van der Waals surface area (Å²) in [6, 6.07) is 7.10. The lowest BCUT2D eigenvalue weighted by Gasteiger charge is -2.30. The summed E-state index contributed by atoms with van der Waals surface area (Å²) in [4.78, 5) is 16.1. The number of fused-ring (bicyclic) bond motifs is 1. The van der Waals surface area contributed by atoms with E-state index in [4.69, 9.17) is 4.74 Å². The van der Waals surface area contributed by atoms with Crippen LogP contribution < -0.4 is 0 Å². The van der Waals surface area contributed by atoms with Crippen LogP contribution in [0, 0.1) is 12.8 Å². The van der Waals surface area contributed by atoms with Crippen molar-refractivity contribution in [3.8, 4) is 0 Å². The summed E-state index contributed by atoms with van der Waals surface area (Å²) in [5, 5.41) is 0.806. The number of para-hydroxylation sites is 1. The highest BCUT2D eigenvalue weighted by Gasteiger charge is 2.33. The fraction of sp³-hybridized carbons (Fsp3) is 0.412. The number of hydrogen-bond acceptors (Lipinski definition) is 5. The molecule has 6 nitrogen and oxygen atoms in total. The number of carbonyl (C=O) groups is 1. The summed E-state index contributed by atoms with van der Waals surface area (Å²) in [6.45, 7) is 2.54. The Morgan fingerprint density at radius 2 is 2.00 bits per heavy atom. The first kappa shape index (κ1) is 16.9. The summed E-state index contributed by atoms with van der Waals surface area (Å²) in [7, 11) is -2.28. The molecule has 2 heterocycles. The molecule has 1 aliphatic heterocycles.